The molecule has 0 saturated carbocycles. The number of allylic oxidation sites excluding steroid dienone is 5. The minimum absolute atomic E-state index is 0.422. The average molecular weight is 571 g/mol. The molecule has 1 aliphatic carbocycles. The van der Waals surface area contributed by atoms with Crippen molar-refractivity contribution in [3.63, 3.8) is 0 Å². The zero-order valence-electron chi connectivity index (χ0n) is 25.4. The number of benzene rings is 6. The van der Waals surface area contributed by atoms with E-state index in [2.05, 4.69) is 72.8 Å². The molecule has 0 radical (unpaired) electrons. The van der Waals surface area contributed by atoms with Crippen molar-refractivity contribution >= 4 is 66.2 Å². The maximum Gasteiger partial charge on any atom is 0.0364 e. The molecule has 7 rings (SSSR count). The van der Waals surface area contributed by atoms with Crippen LogP contribution in [-0.4, -0.2) is 11.9 Å². The van der Waals surface area contributed by atoms with Gasteiger partial charge in [-0.2, -0.15) is 0 Å². The van der Waals surface area contributed by atoms with Crippen LogP contribution in [0.15, 0.2) is 108 Å². The van der Waals surface area contributed by atoms with Crippen LogP contribution < -0.4 is 11.5 Å². The Balaban J connectivity index is 1.77. The normalized spacial score (nSPS) is 13.8. The predicted molar refractivity (Wildman–Crippen MR) is 190 cm³/mol. The van der Waals surface area contributed by atoms with Crippen molar-refractivity contribution in [1.29, 1.82) is 10.8 Å². The Labute approximate surface area is 257 Å². The van der Waals surface area contributed by atoms with Crippen LogP contribution in [0.3, 0.4) is 0 Å². The maximum absolute atomic E-state index is 8.90. The third-order valence-corrected chi connectivity index (χ3v) is 9.15. The summed E-state index contributed by atoms with van der Waals surface area (Å²) in [5.41, 5.74) is 24.0. The fourth-order valence-corrected chi connectivity index (χ4v) is 7.35. The molecule has 6 aromatic carbocycles. The lowest BCUT2D eigenvalue weighted by Gasteiger charge is -2.23. The number of hydrogen-bond donors (Lipinski definition) is 4. The molecule has 0 spiro atoms. The van der Waals surface area contributed by atoms with Crippen molar-refractivity contribution in [3.8, 4) is 22.3 Å². The summed E-state index contributed by atoms with van der Waals surface area (Å²) in [7, 11) is 0. The lowest BCUT2D eigenvalue weighted by atomic mass is 9.80. The molecule has 4 heteroatoms. The monoisotopic (exact) mass is 570 g/mol. The van der Waals surface area contributed by atoms with E-state index in [1.807, 2.05) is 39.8 Å². The summed E-state index contributed by atoms with van der Waals surface area (Å²) in [6.07, 6.45) is 2.98. The van der Waals surface area contributed by atoms with Crippen molar-refractivity contribution in [1.82, 2.24) is 0 Å². The van der Waals surface area contributed by atoms with E-state index in [0.29, 0.717) is 11.4 Å². The van der Waals surface area contributed by atoms with Gasteiger partial charge in [-0.3, -0.25) is 0 Å². The summed E-state index contributed by atoms with van der Waals surface area (Å²) in [4.78, 5) is 0. The summed E-state index contributed by atoms with van der Waals surface area (Å²) < 4.78 is 0. The van der Waals surface area contributed by atoms with Gasteiger partial charge in [0.15, 0.2) is 0 Å². The molecule has 6 aromatic rings. The second-order valence-corrected chi connectivity index (χ2v) is 11.8. The first kappa shape index (κ1) is 27.4. The summed E-state index contributed by atoms with van der Waals surface area (Å²) in [6.45, 7) is 7.66. The SMILES string of the molecule is CC(=N)/C(=C(/C)C=N)c1c2ccccc2c(C(/C(C)=C\N)=C(\C)N)c2cc3c(cc12)-c1cc2ccccc2c2cccc-3c12. The Hall–Kier alpha value is -5.48. The van der Waals surface area contributed by atoms with Crippen molar-refractivity contribution in [2.45, 2.75) is 27.7 Å². The van der Waals surface area contributed by atoms with Crippen LogP contribution in [0.25, 0.3) is 76.5 Å². The van der Waals surface area contributed by atoms with E-state index in [1.54, 1.807) is 6.20 Å². The number of nitrogens with two attached hydrogens (primary N) is 2. The first-order valence-electron chi connectivity index (χ1n) is 14.9. The van der Waals surface area contributed by atoms with Gasteiger partial charge in [-0.05, 0) is 140 Å². The topological polar surface area (TPSA) is 99.7 Å². The highest BCUT2D eigenvalue weighted by atomic mass is 14.6. The van der Waals surface area contributed by atoms with Gasteiger partial charge >= 0.3 is 0 Å². The van der Waals surface area contributed by atoms with Gasteiger partial charge in [0, 0.05) is 28.8 Å². The summed E-state index contributed by atoms with van der Waals surface area (Å²) in [6, 6.07) is 30.5. The molecule has 0 fully saturated rings. The van der Waals surface area contributed by atoms with E-state index < -0.39 is 0 Å². The molecule has 0 amide bonds. The van der Waals surface area contributed by atoms with E-state index in [1.165, 1.54) is 50.0 Å². The van der Waals surface area contributed by atoms with Gasteiger partial charge in [0.05, 0.1) is 0 Å². The highest BCUT2D eigenvalue weighted by Crippen LogP contribution is 2.53. The summed E-state index contributed by atoms with van der Waals surface area (Å²) in [5.74, 6) is 0. The molecule has 0 unspecified atom stereocenters. The first-order chi connectivity index (χ1) is 21.3. The Kier molecular flexibility index (Phi) is 6.26. The van der Waals surface area contributed by atoms with Crippen LogP contribution in [0, 0.1) is 10.8 Å². The molecule has 0 aliphatic heterocycles. The van der Waals surface area contributed by atoms with Gasteiger partial charge < -0.3 is 22.3 Å². The lowest BCUT2D eigenvalue weighted by molar-refractivity contribution is 1.29. The standard InChI is InChI=1S/C40H34N4/c1-21(19-41)36(23(3)43)39-28-12-7-8-13-29(28)40(37(24(4)44)22(2)20-42)35-18-32-31(17-34(35)39)30-15-9-14-27-26-11-6-5-10-25(26)16-33(32)38(27)30/h5-20,42,44H,41,43H2,1-4H3/b21-19-,36-23+,37-22+,42-20?,44-24?. The number of fused-ring (bicyclic) bond motifs is 7. The van der Waals surface area contributed by atoms with Crippen molar-refractivity contribution < 1.29 is 0 Å². The number of hydrogen-bond acceptors (Lipinski definition) is 4. The quantitative estimate of drug-likeness (QED) is 0.0716. The summed E-state index contributed by atoms with van der Waals surface area (Å²) >= 11 is 0. The van der Waals surface area contributed by atoms with Crippen LogP contribution in [-0.2, 0) is 0 Å². The third kappa shape index (κ3) is 3.77. The minimum Gasteiger partial charge on any atom is -0.404 e. The Bertz CT molecular complexity index is 2360. The van der Waals surface area contributed by atoms with E-state index in [0.717, 1.165) is 55.0 Å². The van der Waals surface area contributed by atoms with Crippen LogP contribution in [0.1, 0.15) is 38.8 Å². The Morgan fingerprint density at radius 2 is 1.18 bits per heavy atom. The van der Waals surface area contributed by atoms with Crippen LogP contribution in [0.2, 0.25) is 0 Å². The molecule has 0 bridgehead atoms. The number of nitrogens with one attached hydrogen (secondary N) is 2. The molecule has 0 aromatic heterocycles. The highest BCUT2D eigenvalue weighted by molar-refractivity contribution is 6.34. The van der Waals surface area contributed by atoms with Crippen LogP contribution >= 0.6 is 0 Å². The molecule has 0 atom stereocenters. The predicted octanol–water partition coefficient (Wildman–Crippen LogP) is 9.96. The van der Waals surface area contributed by atoms with Gasteiger partial charge in [-0.25, -0.2) is 0 Å². The molecule has 0 saturated heterocycles. The van der Waals surface area contributed by atoms with Gasteiger partial charge in [0.2, 0.25) is 0 Å². The minimum atomic E-state index is 0.422. The van der Waals surface area contributed by atoms with E-state index in [-0.39, 0.29) is 0 Å². The fraction of sp³-hybridized carbons (Fsp3) is 0.100. The Morgan fingerprint density at radius 3 is 1.77 bits per heavy atom. The van der Waals surface area contributed by atoms with Crippen LogP contribution in [0.5, 0.6) is 0 Å². The lowest BCUT2D eigenvalue weighted by Crippen LogP contribution is -2.06. The van der Waals surface area contributed by atoms with E-state index in [9.17, 15) is 0 Å². The zero-order chi connectivity index (χ0) is 30.9. The second kappa shape index (κ2) is 10.1. The molecule has 4 nitrogen and oxygen atoms in total. The molecule has 1 aliphatic rings. The fourth-order valence-electron chi connectivity index (χ4n) is 7.35. The molecular weight excluding hydrogens is 536 g/mol. The van der Waals surface area contributed by atoms with Crippen molar-refractivity contribution in [3.05, 3.63) is 119 Å². The molecular formula is C40H34N4. The van der Waals surface area contributed by atoms with Gasteiger partial charge in [0.1, 0.15) is 0 Å². The second-order valence-electron chi connectivity index (χ2n) is 11.8. The molecule has 214 valence electrons. The Morgan fingerprint density at radius 1 is 0.614 bits per heavy atom. The molecule has 44 heavy (non-hydrogen) atoms. The number of rotatable bonds is 5. The van der Waals surface area contributed by atoms with Crippen molar-refractivity contribution in [2.24, 2.45) is 11.5 Å². The third-order valence-electron chi connectivity index (χ3n) is 9.15. The smallest absolute Gasteiger partial charge is 0.0364 e. The maximum atomic E-state index is 8.90. The summed E-state index contributed by atoms with van der Waals surface area (Å²) in [5, 5.41) is 26.2. The van der Waals surface area contributed by atoms with E-state index >= 15 is 0 Å². The van der Waals surface area contributed by atoms with Gasteiger partial charge in [-0.1, -0.05) is 66.7 Å². The zero-order valence-corrected chi connectivity index (χ0v) is 25.4. The van der Waals surface area contributed by atoms with Gasteiger partial charge in [-0.15, -0.1) is 0 Å². The van der Waals surface area contributed by atoms with Gasteiger partial charge in [0.25, 0.3) is 0 Å². The van der Waals surface area contributed by atoms with Crippen LogP contribution in [0.4, 0.5) is 0 Å². The van der Waals surface area contributed by atoms with E-state index in [4.69, 9.17) is 22.3 Å². The van der Waals surface area contributed by atoms with Crippen molar-refractivity contribution in [2.75, 3.05) is 0 Å². The molecule has 6 N–H and O–H groups in total. The highest BCUT2D eigenvalue weighted by Gasteiger charge is 2.28. The average Bonchev–Trinajstić information content (AvgIpc) is 3.34. The molecule has 0 heterocycles. The largest absolute Gasteiger partial charge is 0.404 e. The first-order valence-corrected chi connectivity index (χ1v) is 14.9.